The monoisotopic (exact) mass is 329 g/mol. The fourth-order valence-corrected chi connectivity index (χ4v) is 2.98. The van der Waals surface area contributed by atoms with Gasteiger partial charge in [0.05, 0.1) is 17.7 Å². The second kappa shape index (κ2) is 5.15. The summed E-state index contributed by atoms with van der Waals surface area (Å²) in [5.74, 6) is -1.21. The summed E-state index contributed by atoms with van der Waals surface area (Å²) in [6.45, 7) is 6.97. The lowest BCUT2D eigenvalue weighted by molar-refractivity contribution is -0.152. The van der Waals surface area contributed by atoms with Crippen LogP contribution < -0.4 is 10.7 Å². The molecule has 24 heavy (non-hydrogen) atoms. The third-order valence-electron chi connectivity index (χ3n) is 4.65. The summed E-state index contributed by atoms with van der Waals surface area (Å²) in [6.07, 6.45) is 0. The maximum atomic E-state index is 12.4. The zero-order valence-corrected chi connectivity index (χ0v) is 14.0. The molecule has 0 radical (unpaired) electrons. The molecule has 3 rings (SSSR count). The Morgan fingerprint density at radius 1 is 1.21 bits per heavy atom. The van der Waals surface area contributed by atoms with Gasteiger partial charge in [-0.15, -0.1) is 0 Å². The van der Waals surface area contributed by atoms with Gasteiger partial charge in [0.1, 0.15) is 0 Å². The first-order valence-corrected chi connectivity index (χ1v) is 7.75. The van der Waals surface area contributed by atoms with Gasteiger partial charge in [-0.05, 0) is 45.4 Å². The molecule has 0 saturated heterocycles. The third-order valence-corrected chi connectivity index (χ3v) is 4.65. The number of hydrogen-bond acceptors (Lipinski definition) is 5. The van der Waals surface area contributed by atoms with Crippen molar-refractivity contribution in [3.05, 3.63) is 29.3 Å². The number of carbonyl (C=O) groups is 3. The number of amides is 2. The number of hydrazone groups is 1. The largest absolute Gasteiger partial charge is 0.465 e. The van der Waals surface area contributed by atoms with Crippen LogP contribution in [0.15, 0.2) is 23.3 Å². The van der Waals surface area contributed by atoms with E-state index in [9.17, 15) is 14.4 Å². The minimum atomic E-state index is -1.41. The third kappa shape index (κ3) is 2.04. The number of hydrogen-bond donors (Lipinski definition) is 2. The molecule has 0 spiro atoms. The highest BCUT2D eigenvalue weighted by atomic mass is 16.5. The van der Waals surface area contributed by atoms with E-state index in [-0.39, 0.29) is 12.5 Å². The van der Waals surface area contributed by atoms with Crippen molar-refractivity contribution >= 4 is 29.2 Å². The summed E-state index contributed by atoms with van der Waals surface area (Å²) in [4.78, 5) is 36.7. The zero-order valence-electron chi connectivity index (χ0n) is 14.0. The Hall–Kier alpha value is -2.70. The van der Waals surface area contributed by atoms with E-state index in [2.05, 4.69) is 15.8 Å². The van der Waals surface area contributed by atoms with Gasteiger partial charge in [0.25, 0.3) is 5.91 Å². The van der Waals surface area contributed by atoms with E-state index >= 15 is 0 Å². The highest BCUT2D eigenvalue weighted by Crippen LogP contribution is 2.40. The van der Waals surface area contributed by atoms with E-state index < -0.39 is 22.7 Å². The Kier molecular flexibility index (Phi) is 3.47. The van der Waals surface area contributed by atoms with Crippen molar-refractivity contribution in [2.45, 2.75) is 33.1 Å². The SMILES string of the molecule is CCOC(=O)C1(C)C(=O)Nc2ccc(C3=NNC(=O)C3(C)C)cc21. The molecule has 2 heterocycles. The summed E-state index contributed by atoms with van der Waals surface area (Å²) in [5.41, 5.74) is 2.62. The van der Waals surface area contributed by atoms with Crippen LogP contribution in [-0.4, -0.2) is 30.1 Å². The lowest BCUT2D eigenvalue weighted by atomic mass is 9.79. The van der Waals surface area contributed by atoms with Crippen molar-refractivity contribution in [1.82, 2.24) is 5.43 Å². The Morgan fingerprint density at radius 3 is 2.50 bits per heavy atom. The van der Waals surface area contributed by atoms with Gasteiger partial charge in [0, 0.05) is 11.3 Å². The molecular weight excluding hydrogens is 310 g/mol. The topological polar surface area (TPSA) is 96.9 Å². The molecule has 1 atom stereocenters. The van der Waals surface area contributed by atoms with Crippen LogP contribution in [0.4, 0.5) is 5.69 Å². The molecule has 126 valence electrons. The molecule has 7 nitrogen and oxygen atoms in total. The van der Waals surface area contributed by atoms with Crippen molar-refractivity contribution in [2.24, 2.45) is 10.5 Å². The average Bonchev–Trinajstić information content (AvgIpc) is 2.94. The molecule has 2 aliphatic rings. The molecule has 2 N–H and O–H groups in total. The van der Waals surface area contributed by atoms with E-state index in [1.807, 2.05) is 0 Å². The van der Waals surface area contributed by atoms with Gasteiger partial charge < -0.3 is 10.1 Å². The molecule has 0 fully saturated rings. The first-order chi connectivity index (χ1) is 11.2. The number of nitrogens with zero attached hydrogens (tertiary/aromatic N) is 1. The van der Waals surface area contributed by atoms with E-state index in [1.165, 1.54) is 0 Å². The molecule has 2 amide bonds. The second-order valence-corrected chi connectivity index (χ2v) is 6.59. The van der Waals surface area contributed by atoms with Gasteiger partial charge in [-0.1, -0.05) is 6.07 Å². The van der Waals surface area contributed by atoms with Crippen molar-refractivity contribution in [1.29, 1.82) is 0 Å². The molecule has 0 saturated carbocycles. The summed E-state index contributed by atoms with van der Waals surface area (Å²) in [6, 6.07) is 5.22. The highest BCUT2D eigenvalue weighted by Gasteiger charge is 2.51. The van der Waals surface area contributed by atoms with Gasteiger partial charge in [0.15, 0.2) is 5.41 Å². The van der Waals surface area contributed by atoms with E-state index in [4.69, 9.17) is 4.74 Å². The lowest BCUT2D eigenvalue weighted by Crippen LogP contribution is -2.41. The molecule has 7 heteroatoms. The van der Waals surface area contributed by atoms with Crippen LogP contribution in [0.3, 0.4) is 0 Å². The Morgan fingerprint density at radius 2 is 1.92 bits per heavy atom. The molecular formula is C17H19N3O4. The molecule has 1 unspecified atom stereocenters. The van der Waals surface area contributed by atoms with E-state index in [1.54, 1.807) is 45.9 Å². The predicted octanol–water partition coefficient (Wildman–Crippen LogP) is 1.32. The van der Waals surface area contributed by atoms with Gasteiger partial charge in [0.2, 0.25) is 5.91 Å². The van der Waals surface area contributed by atoms with Gasteiger partial charge in [-0.2, -0.15) is 5.10 Å². The van der Waals surface area contributed by atoms with Gasteiger partial charge >= 0.3 is 5.97 Å². The van der Waals surface area contributed by atoms with Gasteiger partial charge in [-0.25, -0.2) is 5.43 Å². The average molecular weight is 329 g/mol. The minimum Gasteiger partial charge on any atom is -0.465 e. The maximum absolute atomic E-state index is 12.4. The number of fused-ring (bicyclic) bond motifs is 1. The van der Waals surface area contributed by atoms with Crippen LogP contribution in [0.25, 0.3) is 0 Å². The number of nitrogens with one attached hydrogen (secondary N) is 2. The number of ether oxygens (including phenoxy) is 1. The first-order valence-electron chi connectivity index (χ1n) is 7.75. The summed E-state index contributed by atoms with van der Waals surface area (Å²) in [5, 5.41) is 6.82. The van der Waals surface area contributed by atoms with Crippen molar-refractivity contribution in [2.75, 3.05) is 11.9 Å². The van der Waals surface area contributed by atoms with Crippen molar-refractivity contribution in [3.63, 3.8) is 0 Å². The maximum Gasteiger partial charge on any atom is 0.326 e. The minimum absolute atomic E-state index is 0.189. The second-order valence-electron chi connectivity index (χ2n) is 6.59. The predicted molar refractivity (Wildman–Crippen MR) is 87.5 cm³/mol. The van der Waals surface area contributed by atoms with Crippen molar-refractivity contribution < 1.29 is 19.1 Å². The molecule has 0 aliphatic carbocycles. The van der Waals surface area contributed by atoms with Crippen LogP contribution >= 0.6 is 0 Å². The standard InChI is InChI=1S/C17H19N3O4/c1-5-24-15(23)17(4)10-8-9(6-7-11(10)18-14(17)22)12-16(2,3)13(21)20-19-12/h6-8H,5H2,1-4H3,(H,18,22)(H,20,21). The smallest absolute Gasteiger partial charge is 0.326 e. The number of carbonyl (C=O) groups excluding carboxylic acids is 3. The molecule has 0 bridgehead atoms. The number of anilines is 1. The van der Waals surface area contributed by atoms with Crippen LogP contribution in [0.1, 0.15) is 38.8 Å². The molecule has 0 aromatic heterocycles. The zero-order chi connectivity index (χ0) is 17.7. The van der Waals surface area contributed by atoms with Crippen molar-refractivity contribution in [3.8, 4) is 0 Å². The normalized spacial score (nSPS) is 24.1. The molecule has 1 aromatic rings. The number of benzene rings is 1. The Balaban J connectivity index is 2.09. The number of rotatable bonds is 3. The lowest BCUT2D eigenvalue weighted by Gasteiger charge is -2.21. The number of esters is 1. The fourth-order valence-electron chi connectivity index (χ4n) is 2.98. The first kappa shape index (κ1) is 16.2. The van der Waals surface area contributed by atoms with Crippen LogP contribution in [0, 0.1) is 5.41 Å². The molecule has 1 aromatic carbocycles. The van der Waals surface area contributed by atoms with Crippen LogP contribution in [0.2, 0.25) is 0 Å². The van der Waals surface area contributed by atoms with Gasteiger partial charge in [-0.3, -0.25) is 14.4 Å². The fraction of sp³-hybridized carbons (Fsp3) is 0.412. The van der Waals surface area contributed by atoms with E-state index in [0.717, 1.165) is 0 Å². The van der Waals surface area contributed by atoms with Crippen LogP contribution in [0.5, 0.6) is 0 Å². The quantitative estimate of drug-likeness (QED) is 0.645. The summed E-state index contributed by atoms with van der Waals surface area (Å²) < 4.78 is 5.08. The van der Waals surface area contributed by atoms with Crippen LogP contribution in [-0.2, 0) is 24.5 Å². The summed E-state index contributed by atoms with van der Waals surface area (Å²) in [7, 11) is 0. The Labute approximate surface area is 139 Å². The summed E-state index contributed by atoms with van der Waals surface area (Å²) >= 11 is 0. The highest BCUT2D eigenvalue weighted by molar-refractivity contribution is 6.22. The Bertz CT molecular complexity index is 797. The molecule has 2 aliphatic heterocycles. The van der Waals surface area contributed by atoms with E-state index in [0.29, 0.717) is 22.5 Å².